The van der Waals surface area contributed by atoms with E-state index >= 15 is 0 Å². The maximum atomic E-state index is 10.2. The molecule has 0 bridgehead atoms. The van der Waals surface area contributed by atoms with E-state index in [1.807, 2.05) is 6.07 Å². The minimum Gasteiger partial charge on any atom is -0.507 e. The van der Waals surface area contributed by atoms with E-state index in [0.717, 1.165) is 25.7 Å². The Balaban J connectivity index is 2.32. The molecule has 26 heavy (non-hydrogen) atoms. The molecule has 1 rings (SSSR count). The molecule has 2 N–H and O–H groups in total. The lowest BCUT2D eigenvalue weighted by Gasteiger charge is -2.10. The quantitative estimate of drug-likeness (QED) is 0.158. The Morgan fingerprint density at radius 3 is 2.08 bits per heavy atom. The average molecular weight is 364 g/mol. The van der Waals surface area contributed by atoms with Gasteiger partial charge in [0.2, 0.25) is 0 Å². The minimum atomic E-state index is 0.114. The molecule has 0 aliphatic carbocycles. The number of benzene rings is 1. The van der Waals surface area contributed by atoms with Crippen LogP contribution in [0.2, 0.25) is 0 Å². The molecule has 0 saturated carbocycles. The number of unbranched alkanes of at least 4 members (excludes halogenated alkanes) is 9. The van der Waals surface area contributed by atoms with E-state index in [9.17, 15) is 10.3 Å². The maximum absolute atomic E-state index is 10.2. The van der Waals surface area contributed by atoms with Crippen LogP contribution in [-0.4, -0.2) is 22.6 Å². The van der Waals surface area contributed by atoms with Crippen molar-refractivity contribution >= 4 is 5.71 Å². The fourth-order valence-electron chi connectivity index (χ4n) is 3.02. The number of rotatable bonds is 15. The molecule has 0 fully saturated rings. The Morgan fingerprint density at radius 1 is 0.885 bits per heavy atom. The molecule has 0 heterocycles. The normalized spacial score (nSPS) is 11.7. The van der Waals surface area contributed by atoms with Crippen molar-refractivity contribution in [3.63, 3.8) is 0 Å². The molecule has 0 amide bonds. The second-order valence-electron chi connectivity index (χ2n) is 7.01. The number of hydrogen-bond donors (Lipinski definition) is 2. The summed E-state index contributed by atoms with van der Waals surface area (Å²) < 4.78 is 5.59. The van der Waals surface area contributed by atoms with Crippen LogP contribution >= 0.6 is 0 Å². The van der Waals surface area contributed by atoms with Gasteiger partial charge in [0, 0.05) is 11.6 Å². The molecule has 0 aliphatic heterocycles. The van der Waals surface area contributed by atoms with Gasteiger partial charge in [-0.15, -0.1) is 0 Å². The van der Waals surface area contributed by atoms with Gasteiger partial charge in [-0.1, -0.05) is 76.8 Å². The van der Waals surface area contributed by atoms with Crippen LogP contribution in [0.3, 0.4) is 0 Å². The monoisotopic (exact) mass is 363 g/mol. The summed E-state index contributed by atoms with van der Waals surface area (Å²) in [6.07, 6.45) is 14.0. The number of hydrogen-bond acceptors (Lipinski definition) is 4. The lowest BCUT2D eigenvalue weighted by molar-refractivity contribution is 0.307. The first-order chi connectivity index (χ1) is 12.7. The van der Waals surface area contributed by atoms with Gasteiger partial charge in [-0.25, -0.2) is 0 Å². The van der Waals surface area contributed by atoms with Crippen LogP contribution in [0.5, 0.6) is 11.5 Å². The summed E-state index contributed by atoms with van der Waals surface area (Å²) in [5.41, 5.74) is 1.14. The van der Waals surface area contributed by atoms with Crippen molar-refractivity contribution in [2.45, 2.75) is 90.9 Å². The van der Waals surface area contributed by atoms with E-state index in [4.69, 9.17) is 4.74 Å². The van der Waals surface area contributed by atoms with Crippen molar-refractivity contribution < 1.29 is 15.1 Å². The van der Waals surface area contributed by atoms with E-state index in [1.165, 1.54) is 44.9 Å². The zero-order chi connectivity index (χ0) is 19.0. The van der Waals surface area contributed by atoms with E-state index in [2.05, 4.69) is 19.0 Å². The average Bonchev–Trinajstić information content (AvgIpc) is 2.64. The summed E-state index contributed by atoms with van der Waals surface area (Å²) in [5, 5.41) is 22.9. The number of phenolic OH excluding ortho intramolecular Hbond substituents is 1. The highest BCUT2D eigenvalue weighted by Crippen LogP contribution is 2.26. The predicted molar refractivity (Wildman–Crippen MR) is 109 cm³/mol. The second-order valence-corrected chi connectivity index (χ2v) is 7.01. The topological polar surface area (TPSA) is 62.1 Å². The summed E-state index contributed by atoms with van der Waals surface area (Å²) in [7, 11) is 0. The molecule has 4 heteroatoms. The third-order valence-corrected chi connectivity index (χ3v) is 4.68. The summed E-state index contributed by atoms with van der Waals surface area (Å²) >= 11 is 0. The molecular formula is C22H37NO3. The number of aromatic hydroxyl groups is 1. The molecule has 0 spiro atoms. The van der Waals surface area contributed by atoms with Crippen molar-refractivity contribution in [1.29, 1.82) is 0 Å². The first kappa shape index (κ1) is 22.3. The van der Waals surface area contributed by atoms with Crippen LogP contribution in [0.1, 0.15) is 96.5 Å². The fourth-order valence-corrected chi connectivity index (χ4v) is 3.02. The van der Waals surface area contributed by atoms with Gasteiger partial charge in [0.25, 0.3) is 0 Å². The Bertz CT molecular complexity index is 514. The van der Waals surface area contributed by atoms with Crippen LogP contribution < -0.4 is 4.74 Å². The highest BCUT2D eigenvalue weighted by molar-refractivity contribution is 6.02. The minimum absolute atomic E-state index is 0.114. The number of nitrogens with zero attached hydrogens (tertiary/aromatic N) is 1. The number of ether oxygens (including phenoxy) is 1. The van der Waals surface area contributed by atoms with Crippen LogP contribution in [-0.2, 0) is 0 Å². The molecular weight excluding hydrogens is 326 g/mol. The van der Waals surface area contributed by atoms with Crippen LogP contribution in [0.15, 0.2) is 23.4 Å². The van der Waals surface area contributed by atoms with E-state index < -0.39 is 0 Å². The Hall–Kier alpha value is -1.71. The lowest BCUT2D eigenvalue weighted by atomic mass is 10.0. The maximum Gasteiger partial charge on any atom is 0.128 e. The predicted octanol–water partition coefficient (Wildman–Crippen LogP) is 6.67. The molecule has 1 aromatic rings. The van der Waals surface area contributed by atoms with Crippen LogP contribution in [0.4, 0.5) is 0 Å². The van der Waals surface area contributed by atoms with Crippen LogP contribution in [0.25, 0.3) is 0 Å². The van der Waals surface area contributed by atoms with Gasteiger partial charge in [-0.2, -0.15) is 0 Å². The van der Waals surface area contributed by atoms with Crippen molar-refractivity contribution in [2.24, 2.45) is 5.16 Å². The van der Waals surface area contributed by atoms with Crippen molar-refractivity contribution in [1.82, 2.24) is 0 Å². The van der Waals surface area contributed by atoms with Gasteiger partial charge in [-0.3, -0.25) is 0 Å². The van der Waals surface area contributed by atoms with Gasteiger partial charge < -0.3 is 15.1 Å². The standard InChI is InChI=1S/C22H37NO3/c1-3-5-7-8-9-10-11-12-13-14-21(23-25)20-16-15-19(18-22(20)24)26-17-6-4-2/h15-16,18,24-25H,3-14,17H2,1-2H3/b23-21-. The van der Waals surface area contributed by atoms with Gasteiger partial charge in [0.1, 0.15) is 11.5 Å². The van der Waals surface area contributed by atoms with Gasteiger partial charge in [-0.05, 0) is 31.4 Å². The van der Waals surface area contributed by atoms with Crippen LogP contribution in [0, 0.1) is 0 Å². The zero-order valence-electron chi connectivity index (χ0n) is 16.7. The molecule has 0 unspecified atom stereocenters. The van der Waals surface area contributed by atoms with Crippen molar-refractivity contribution in [3.05, 3.63) is 23.8 Å². The highest BCUT2D eigenvalue weighted by atomic mass is 16.5. The molecule has 0 atom stereocenters. The SMILES string of the molecule is CCCCCCCCCCC/C(=N/O)c1ccc(OCCCC)cc1O. The first-order valence-corrected chi connectivity index (χ1v) is 10.4. The van der Waals surface area contributed by atoms with Gasteiger partial charge >= 0.3 is 0 Å². The Morgan fingerprint density at radius 2 is 1.50 bits per heavy atom. The van der Waals surface area contributed by atoms with Crippen molar-refractivity contribution in [3.8, 4) is 11.5 Å². The summed E-state index contributed by atoms with van der Waals surface area (Å²) in [6, 6.07) is 5.21. The second kappa shape index (κ2) is 14.5. The Labute approximate surface area is 159 Å². The highest BCUT2D eigenvalue weighted by Gasteiger charge is 2.11. The molecule has 0 radical (unpaired) electrons. The first-order valence-electron chi connectivity index (χ1n) is 10.4. The number of oxime groups is 1. The van der Waals surface area contributed by atoms with E-state index in [1.54, 1.807) is 12.1 Å². The largest absolute Gasteiger partial charge is 0.507 e. The third kappa shape index (κ3) is 9.12. The number of phenols is 1. The van der Waals surface area contributed by atoms with E-state index in [0.29, 0.717) is 30.1 Å². The summed E-state index contributed by atoms with van der Waals surface area (Å²) in [6.45, 7) is 5.00. The molecule has 4 nitrogen and oxygen atoms in total. The third-order valence-electron chi connectivity index (χ3n) is 4.68. The lowest BCUT2D eigenvalue weighted by Crippen LogP contribution is -2.03. The molecule has 0 saturated heterocycles. The molecule has 0 aromatic heterocycles. The molecule has 0 aliphatic rings. The van der Waals surface area contributed by atoms with Crippen molar-refractivity contribution in [2.75, 3.05) is 6.61 Å². The Kier molecular flexibility index (Phi) is 12.4. The summed E-state index contributed by atoms with van der Waals surface area (Å²) in [5.74, 6) is 0.766. The van der Waals surface area contributed by atoms with Gasteiger partial charge in [0.05, 0.1) is 12.3 Å². The fraction of sp³-hybridized carbons (Fsp3) is 0.682. The summed E-state index contributed by atoms with van der Waals surface area (Å²) in [4.78, 5) is 0. The van der Waals surface area contributed by atoms with Gasteiger partial charge in [0.15, 0.2) is 0 Å². The molecule has 148 valence electrons. The smallest absolute Gasteiger partial charge is 0.128 e. The van der Waals surface area contributed by atoms with E-state index in [-0.39, 0.29) is 5.75 Å². The zero-order valence-corrected chi connectivity index (χ0v) is 16.7. The molecule has 1 aromatic carbocycles.